The van der Waals surface area contributed by atoms with Crippen molar-refractivity contribution in [1.29, 1.82) is 5.26 Å². The number of nitriles is 1. The van der Waals surface area contributed by atoms with E-state index in [1.54, 1.807) is 0 Å². The lowest BCUT2D eigenvalue weighted by atomic mass is 9.67. The Labute approximate surface area is 331 Å². The summed E-state index contributed by atoms with van der Waals surface area (Å²) in [5.41, 5.74) is 15.1. The first-order chi connectivity index (χ1) is 28.1. The first kappa shape index (κ1) is 33.2. The molecule has 57 heavy (non-hydrogen) atoms. The maximum absolute atomic E-state index is 9.76. The smallest absolute Gasteiger partial charge is 0.164 e. The lowest BCUT2D eigenvalue weighted by Crippen LogP contribution is -2.28. The highest BCUT2D eigenvalue weighted by molar-refractivity contribution is 6.06. The standard InChI is InChI=1S/C52H36N4O/c53-32-33-13-24-41-42-25-22-39(31-46(42)52(45(41)29-33)27-7-2-8-28-52)36-16-20-38(21-17-36)50-54-49(37-18-14-35(15-19-37)34-9-3-1-4-10-34)55-51(56-50)40-23-26-48-44(30-40)43-11-5-6-12-47(43)57-48/h1,3-6,9-26,29-31H,2,7-8,27-28H2. The van der Waals surface area contributed by atoms with Gasteiger partial charge in [-0.05, 0) is 99.8 Å². The van der Waals surface area contributed by atoms with Gasteiger partial charge in [0.1, 0.15) is 11.2 Å². The Kier molecular flexibility index (Phi) is 7.72. The second-order valence-electron chi connectivity index (χ2n) is 15.4. The number of aromatic nitrogens is 3. The molecule has 7 aromatic carbocycles. The molecule has 2 aromatic heterocycles. The molecule has 0 aliphatic heterocycles. The van der Waals surface area contributed by atoms with Crippen molar-refractivity contribution in [2.24, 2.45) is 0 Å². The van der Waals surface area contributed by atoms with E-state index in [-0.39, 0.29) is 5.41 Å². The van der Waals surface area contributed by atoms with Gasteiger partial charge in [-0.2, -0.15) is 5.26 Å². The van der Waals surface area contributed by atoms with Gasteiger partial charge in [0.05, 0.1) is 11.6 Å². The molecule has 1 saturated carbocycles. The van der Waals surface area contributed by atoms with E-state index >= 15 is 0 Å². The van der Waals surface area contributed by atoms with Crippen LogP contribution in [-0.2, 0) is 5.41 Å². The van der Waals surface area contributed by atoms with Crippen LogP contribution < -0.4 is 0 Å². The van der Waals surface area contributed by atoms with Crippen LogP contribution in [0.4, 0.5) is 0 Å². The molecule has 270 valence electrons. The molecular weight excluding hydrogens is 697 g/mol. The fraction of sp³-hybridized carbons (Fsp3) is 0.115. The van der Waals surface area contributed by atoms with Crippen molar-refractivity contribution in [2.75, 3.05) is 0 Å². The normalized spacial score (nSPS) is 14.1. The molecule has 0 bridgehead atoms. The number of hydrogen-bond acceptors (Lipinski definition) is 5. The van der Waals surface area contributed by atoms with E-state index in [9.17, 15) is 5.26 Å². The molecule has 5 nitrogen and oxygen atoms in total. The zero-order chi connectivity index (χ0) is 37.9. The molecule has 0 radical (unpaired) electrons. The van der Waals surface area contributed by atoms with Crippen molar-refractivity contribution in [3.8, 4) is 73.6 Å². The van der Waals surface area contributed by atoms with Crippen molar-refractivity contribution in [3.63, 3.8) is 0 Å². The molecule has 5 heteroatoms. The van der Waals surface area contributed by atoms with Gasteiger partial charge in [-0.15, -0.1) is 0 Å². The second-order valence-corrected chi connectivity index (χ2v) is 15.4. The van der Waals surface area contributed by atoms with Gasteiger partial charge in [-0.3, -0.25) is 0 Å². The highest BCUT2D eigenvalue weighted by Gasteiger charge is 2.44. The molecular formula is C52H36N4O. The second kappa shape index (κ2) is 13.3. The molecule has 1 fully saturated rings. The fourth-order valence-electron chi connectivity index (χ4n) is 9.32. The quantitative estimate of drug-likeness (QED) is 0.176. The van der Waals surface area contributed by atoms with E-state index in [0.29, 0.717) is 17.5 Å². The third-order valence-electron chi connectivity index (χ3n) is 12.2. The van der Waals surface area contributed by atoms with Gasteiger partial charge in [-0.1, -0.05) is 135 Å². The van der Waals surface area contributed by atoms with Gasteiger partial charge in [0.2, 0.25) is 0 Å². The SMILES string of the molecule is N#Cc1ccc2c(c1)C1(CCCCC1)c1cc(-c3ccc(-c4nc(-c5ccc(-c6ccccc6)cc5)nc(-c5ccc6oc7ccccc7c6c5)n4)cc3)ccc1-2. The van der Waals surface area contributed by atoms with E-state index in [4.69, 9.17) is 19.4 Å². The molecule has 0 unspecified atom stereocenters. The first-order valence-corrected chi connectivity index (χ1v) is 19.8. The number of fused-ring (bicyclic) bond motifs is 8. The summed E-state index contributed by atoms with van der Waals surface area (Å²) in [4.78, 5) is 15.3. The largest absolute Gasteiger partial charge is 0.456 e. The minimum atomic E-state index is -0.0333. The maximum Gasteiger partial charge on any atom is 0.164 e. The minimum absolute atomic E-state index is 0.0333. The molecule has 0 N–H and O–H groups in total. The fourth-order valence-corrected chi connectivity index (χ4v) is 9.32. The highest BCUT2D eigenvalue weighted by atomic mass is 16.3. The van der Waals surface area contributed by atoms with Crippen molar-refractivity contribution < 1.29 is 4.42 Å². The van der Waals surface area contributed by atoms with E-state index in [2.05, 4.69) is 121 Å². The number of furan rings is 1. The van der Waals surface area contributed by atoms with Gasteiger partial charge < -0.3 is 4.42 Å². The van der Waals surface area contributed by atoms with Crippen LogP contribution in [0.1, 0.15) is 48.8 Å². The Bertz CT molecular complexity index is 3040. The van der Waals surface area contributed by atoms with Crippen LogP contribution in [-0.4, -0.2) is 15.0 Å². The Morgan fingerprint density at radius 1 is 0.439 bits per heavy atom. The summed E-state index contributed by atoms with van der Waals surface area (Å²) in [6.45, 7) is 0. The monoisotopic (exact) mass is 732 g/mol. The zero-order valence-corrected chi connectivity index (χ0v) is 31.2. The molecule has 2 aliphatic carbocycles. The average molecular weight is 733 g/mol. The lowest BCUT2D eigenvalue weighted by molar-refractivity contribution is 0.353. The third kappa shape index (κ3) is 5.56. The molecule has 0 amide bonds. The van der Waals surface area contributed by atoms with Crippen molar-refractivity contribution in [2.45, 2.75) is 37.5 Å². The van der Waals surface area contributed by atoms with Crippen LogP contribution in [0.25, 0.3) is 89.5 Å². The molecule has 0 atom stereocenters. The van der Waals surface area contributed by atoms with Crippen LogP contribution in [0, 0.1) is 11.3 Å². The topological polar surface area (TPSA) is 75.6 Å². The number of hydrogen-bond donors (Lipinski definition) is 0. The maximum atomic E-state index is 9.76. The average Bonchev–Trinajstić information content (AvgIpc) is 3.78. The highest BCUT2D eigenvalue weighted by Crippen LogP contribution is 2.56. The minimum Gasteiger partial charge on any atom is -0.456 e. The van der Waals surface area contributed by atoms with Crippen LogP contribution >= 0.6 is 0 Å². The molecule has 2 aliphatic rings. The van der Waals surface area contributed by atoms with E-state index in [1.165, 1.54) is 47.1 Å². The molecule has 2 heterocycles. The summed E-state index contributed by atoms with van der Waals surface area (Å²) in [5.74, 6) is 1.84. The summed E-state index contributed by atoms with van der Waals surface area (Å²) < 4.78 is 6.14. The number of nitrogens with zero attached hydrogens (tertiary/aromatic N) is 4. The number of rotatable bonds is 5. The van der Waals surface area contributed by atoms with Gasteiger partial charge >= 0.3 is 0 Å². The van der Waals surface area contributed by atoms with Crippen LogP contribution in [0.5, 0.6) is 0 Å². The van der Waals surface area contributed by atoms with Gasteiger partial charge in [0.15, 0.2) is 17.5 Å². The summed E-state index contributed by atoms with van der Waals surface area (Å²) in [5, 5.41) is 11.9. The van der Waals surface area contributed by atoms with Crippen molar-refractivity contribution in [3.05, 3.63) is 174 Å². The van der Waals surface area contributed by atoms with Crippen LogP contribution in [0.2, 0.25) is 0 Å². The van der Waals surface area contributed by atoms with Crippen molar-refractivity contribution >= 4 is 21.9 Å². The summed E-state index contributed by atoms with van der Waals surface area (Å²) in [6, 6.07) is 57.3. The lowest BCUT2D eigenvalue weighted by Gasteiger charge is -2.36. The Morgan fingerprint density at radius 3 is 1.67 bits per heavy atom. The predicted octanol–water partition coefficient (Wildman–Crippen LogP) is 13.2. The van der Waals surface area contributed by atoms with Crippen molar-refractivity contribution in [1.82, 2.24) is 15.0 Å². The van der Waals surface area contributed by atoms with Gasteiger partial charge in [0, 0.05) is 32.9 Å². The Morgan fingerprint density at radius 2 is 0.965 bits per heavy atom. The van der Waals surface area contributed by atoms with Gasteiger partial charge in [-0.25, -0.2) is 15.0 Å². The molecule has 9 aromatic rings. The van der Waals surface area contributed by atoms with Gasteiger partial charge in [0.25, 0.3) is 0 Å². The number of para-hydroxylation sites is 1. The van der Waals surface area contributed by atoms with E-state index in [1.807, 2.05) is 42.5 Å². The molecule has 0 saturated heterocycles. The summed E-state index contributed by atoms with van der Waals surface area (Å²) in [6.07, 6.45) is 5.91. The van der Waals surface area contributed by atoms with E-state index < -0.39 is 0 Å². The first-order valence-electron chi connectivity index (χ1n) is 19.8. The Balaban J connectivity index is 0.990. The third-order valence-corrected chi connectivity index (χ3v) is 12.2. The van der Waals surface area contributed by atoms with Crippen LogP contribution in [0.3, 0.4) is 0 Å². The zero-order valence-electron chi connectivity index (χ0n) is 31.2. The van der Waals surface area contributed by atoms with Crippen LogP contribution in [0.15, 0.2) is 162 Å². The Hall–Kier alpha value is -7.16. The van der Waals surface area contributed by atoms with E-state index in [0.717, 1.165) is 73.7 Å². The summed E-state index contributed by atoms with van der Waals surface area (Å²) >= 11 is 0. The molecule has 1 spiro atoms. The molecule has 11 rings (SSSR count). The number of benzene rings is 7. The predicted molar refractivity (Wildman–Crippen MR) is 228 cm³/mol. The summed E-state index contributed by atoms with van der Waals surface area (Å²) in [7, 11) is 0.